The second-order valence-electron chi connectivity index (χ2n) is 29.3. The Morgan fingerprint density at radius 1 is 0.437 bits per heavy atom. The van der Waals surface area contributed by atoms with Crippen LogP contribution < -0.4 is 68.1 Å². The monoisotopic (exact) mass is 1790 g/mol. The van der Waals surface area contributed by atoms with Crippen LogP contribution in [0.25, 0.3) is 6.08 Å². The van der Waals surface area contributed by atoms with E-state index in [4.69, 9.17) is 70.1 Å². The largest absolute Gasteiger partial charge is 1.00 e. The summed E-state index contributed by atoms with van der Waals surface area (Å²) >= 11 is 24.6. The number of carbonyl (C=O) groups is 5. The molecule has 2 N–H and O–H groups in total. The molecule has 4 saturated heterocycles. The van der Waals surface area contributed by atoms with Crippen molar-refractivity contribution >= 4 is 114 Å². The number of pyridine rings is 4. The third-order valence-corrected chi connectivity index (χ3v) is 22.1. The van der Waals surface area contributed by atoms with Crippen molar-refractivity contribution in [2.75, 3.05) is 85.7 Å². The molecule has 4 fully saturated rings. The number of hydrogen-bond donors (Lipinski definition) is 2. The van der Waals surface area contributed by atoms with Gasteiger partial charge in [0.15, 0.2) is 23.6 Å². The molecule has 1 unspecified atom stereocenters. The third-order valence-electron chi connectivity index (χ3n) is 21.0. The number of methoxy groups -OCH3 is 1. The molecule has 0 spiro atoms. The van der Waals surface area contributed by atoms with E-state index in [9.17, 15) is 51.7 Å². The predicted molar refractivity (Wildman–Crippen MR) is 477 cm³/mol. The van der Waals surface area contributed by atoms with Crippen LogP contribution in [0.4, 0.5) is 40.3 Å². The summed E-state index contributed by atoms with van der Waals surface area (Å²) in [5, 5.41) is 22.2. The zero-order valence-corrected chi connectivity index (χ0v) is 73.6. The maximum atomic E-state index is 13.2. The summed E-state index contributed by atoms with van der Waals surface area (Å²) in [7, 11) is 1.57. The number of aliphatic hydroxyl groups excluding tert-OH is 2. The van der Waals surface area contributed by atoms with Crippen molar-refractivity contribution in [3.63, 3.8) is 0 Å². The summed E-state index contributed by atoms with van der Waals surface area (Å²) in [5.74, 6) is -0.515. The Morgan fingerprint density at radius 2 is 0.754 bits per heavy atom. The molecular formula is C96H85BCl4F4N8NaO12. The molecule has 4 aromatic heterocycles. The standard InChI is InChI=1S/C25H22ClFN2O3.C24H24ClFN2O3.C24H20ClFN2O3.C23H18ClFN2O3.B.Na.H/c1-31-14-11-18-15-19(24(30)17-4-7-20(27)8-5-17)6-9-23(18)29-13-10-21(16-29)32-25-22(26)3-2-12-28-25;2*25-21-2-1-11-27-24(21)31-20-9-12-28(15-20)22-8-5-18(14-17(22)10-13-29)23(30)16-3-6-19(26)7-4-16;24-20-2-1-10-26-23(20)30-19-9-11-27(13-19)21-8-5-16(12-17(21)14-28)22(29)15-3-6-18(25)7-4-15;;;/h2-9,11-12,14-15,21H,10,13,16H2,1H3;1-8,11,14,20,23,29-30H,9-10,12-13,15H2;1-8,11,13-14,20H,9-10,12,15H2;1-8,10,12,14,19H,9,11,13H2;;;/q;;;;;+1;-1/b14-11-;;;;;;/t21-;20-,23?;20-;19-;;;/m0000.../s1. The second kappa shape index (κ2) is 46.1. The number of halogens is 8. The van der Waals surface area contributed by atoms with Crippen molar-refractivity contribution in [2.45, 2.75) is 69.0 Å². The van der Waals surface area contributed by atoms with Gasteiger partial charge in [-0.2, -0.15) is 0 Å². The Hall–Kier alpha value is -11.5. The number of hydrogen-bond acceptors (Lipinski definition) is 20. The van der Waals surface area contributed by atoms with E-state index in [0.717, 1.165) is 97.3 Å². The number of anilines is 4. The molecule has 8 aromatic carbocycles. The van der Waals surface area contributed by atoms with E-state index in [0.29, 0.717) is 133 Å². The molecule has 641 valence electrons. The van der Waals surface area contributed by atoms with E-state index < -0.39 is 17.7 Å². The van der Waals surface area contributed by atoms with Crippen LogP contribution in [0, 0.1) is 23.3 Å². The number of rotatable bonds is 27. The number of aldehydes is 2. The molecule has 126 heavy (non-hydrogen) atoms. The van der Waals surface area contributed by atoms with Crippen LogP contribution >= 0.6 is 46.4 Å². The maximum Gasteiger partial charge on any atom is 1.00 e. The Morgan fingerprint density at radius 3 is 1.11 bits per heavy atom. The van der Waals surface area contributed by atoms with Gasteiger partial charge in [0.1, 0.15) is 80.2 Å². The van der Waals surface area contributed by atoms with Gasteiger partial charge in [-0.05, 0) is 229 Å². The van der Waals surface area contributed by atoms with E-state index in [1.807, 2.05) is 47.4 Å². The first kappa shape index (κ1) is 95.2. The van der Waals surface area contributed by atoms with E-state index in [-0.39, 0.29) is 106 Å². The van der Waals surface area contributed by atoms with Crippen LogP contribution in [0.2, 0.25) is 20.1 Å². The summed E-state index contributed by atoms with van der Waals surface area (Å²) in [6.07, 6.45) is 14.2. The van der Waals surface area contributed by atoms with Crippen molar-refractivity contribution < 1.29 is 106 Å². The van der Waals surface area contributed by atoms with Gasteiger partial charge in [-0.3, -0.25) is 19.2 Å². The van der Waals surface area contributed by atoms with E-state index in [1.54, 1.807) is 135 Å². The number of benzene rings is 8. The van der Waals surface area contributed by atoms with Crippen molar-refractivity contribution in [1.29, 1.82) is 0 Å². The quantitative estimate of drug-likeness (QED) is 0.0160. The number of nitrogens with zero attached hydrogens (tertiary/aromatic N) is 8. The molecule has 8 heterocycles. The van der Waals surface area contributed by atoms with Crippen LogP contribution in [0.15, 0.2) is 249 Å². The number of aromatic nitrogens is 4. The smallest absolute Gasteiger partial charge is 1.00 e. The number of ketones is 3. The van der Waals surface area contributed by atoms with Gasteiger partial charge in [0.2, 0.25) is 23.5 Å². The van der Waals surface area contributed by atoms with E-state index >= 15 is 0 Å². The van der Waals surface area contributed by atoms with Gasteiger partial charge < -0.3 is 59.7 Å². The van der Waals surface area contributed by atoms with Crippen molar-refractivity contribution in [3.05, 3.63) is 360 Å². The number of aliphatic hydroxyl groups is 2. The third kappa shape index (κ3) is 25.0. The summed E-state index contributed by atoms with van der Waals surface area (Å²) in [4.78, 5) is 86.6. The van der Waals surface area contributed by atoms with Gasteiger partial charge in [-0.25, -0.2) is 37.5 Å². The van der Waals surface area contributed by atoms with Crippen molar-refractivity contribution in [3.8, 4) is 23.5 Å². The summed E-state index contributed by atoms with van der Waals surface area (Å²) in [6, 6.07) is 57.7. The Kier molecular flexibility index (Phi) is 34.8. The molecule has 0 saturated carbocycles. The fraction of sp³-hybridized carbons (Fsp3) is 0.219. The van der Waals surface area contributed by atoms with Gasteiger partial charge in [-0.15, -0.1) is 0 Å². The van der Waals surface area contributed by atoms with Gasteiger partial charge >= 0.3 is 29.6 Å². The van der Waals surface area contributed by atoms with Crippen LogP contribution in [-0.4, -0.2) is 159 Å². The molecule has 3 radical (unpaired) electrons. The average molecular weight is 1790 g/mol. The molecule has 0 amide bonds. The molecular weight excluding hydrogens is 1710 g/mol. The van der Waals surface area contributed by atoms with Gasteiger partial charge in [0.25, 0.3) is 0 Å². The number of carbonyl (C=O) groups excluding carboxylic acids is 5. The van der Waals surface area contributed by atoms with E-state index in [2.05, 4.69) is 34.6 Å². The van der Waals surface area contributed by atoms with Crippen LogP contribution in [0.5, 0.6) is 23.5 Å². The molecule has 0 bridgehead atoms. The predicted octanol–water partition coefficient (Wildman–Crippen LogP) is 15.3. The Bertz CT molecular complexity index is 5780. The molecule has 16 rings (SSSR count). The molecule has 30 heteroatoms. The fourth-order valence-electron chi connectivity index (χ4n) is 14.8. The minimum absolute atomic E-state index is 0. The molecule has 4 aliphatic rings. The Labute approximate surface area is 772 Å². The topological polar surface area (TPSA) is 236 Å². The van der Waals surface area contributed by atoms with Crippen molar-refractivity contribution in [1.82, 2.24) is 19.9 Å². The minimum atomic E-state index is -0.868. The van der Waals surface area contributed by atoms with Crippen LogP contribution in [0.3, 0.4) is 0 Å². The zero-order chi connectivity index (χ0) is 87.2. The first-order valence-electron chi connectivity index (χ1n) is 39.9. The first-order chi connectivity index (χ1) is 60.2. The maximum absolute atomic E-state index is 13.2. The normalized spacial score (nSPS) is 15.8. The molecule has 4 aliphatic heterocycles. The second-order valence-corrected chi connectivity index (χ2v) is 30.9. The summed E-state index contributed by atoms with van der Waals surface area (Å²) in [5.41, 5.74) is 10.4. The summed E-state index contributed by atoms with van der Waals surface area (Å²) < 4.78 is 81.6. The van der Waals surface area contributed by atoms with Crippen LogP contribution in [0.1, 0.15) is 119 Å². The van der Waals surface area contributed by atoms with Gasteiger partial charge in [0.05, 0.1) is 39.6 Å². The summed E-state index contributed by atoms with van der Waals surface area (Å²) in [6.45, 7) is 5.54. The van der Waals surface area contributed by atoms with Crippen molar-refractivity contribution in [2.24, 2.45) is 0 Å². The fourth-order valence-corrected chi connectivity index (χ4v) is 15.5. The zero-order valence-electron chi connectivity index (χ0n) is 69.6. The van der Waals surface area contributed by atoms with Gasteiger partial charge in [-0.1, -0.05) is 70.7 Å². The number of ether oxygens (including phenoxy) is 5. The molecule has 5 atom stereocenters. The molecule has 12 aromatic rings. The SMILES string of the molecule is CO/C=C\c1cc(C(=O)c2ccc(F)cc2)ccc1N1CC[C@H](Oc2ncccc2Cl)C1.O=CCc1cc(C(=O)c2ccc(F)cc2)ccc1N1CC[C@H](Oc2ncccc2Cl)C1.O=Cc1cc(C(=O)c2ccc(F)cc2)ccc1N1CC[C@H](Oc2ncccc2Cl)C1.OCCc1cc(C(O)c2ccc(F)cc2)ccc1N1CC[C@H](Oc2ncccc2Cl)C1.[B].[H-].[Na+]. The molecule has 0 aliphatic carbocycles. The average Bonchev–Trinajstić information content (AvgIpc) is 1.75. The van der Waals surface area contributed by atoms with Crippen LogP contribution in [-0.2, 0) is 22.4 Å². The van der Waals surface area contributed by atoms with Gasteiger partial charge in [0, 0.05) is 165 Å². The van der Waals surface area contributed by atoms with E-state index in [1.165, 1.54) is 84.9 Å². The first-order valence-corrected chi connectivity index (χ1v) is 41.4. The molecule has 20 nitrogen and oxygen atoms in total. The minimum Gasteiger partial charge on any atom is -1.00 e. The Balaban J connectivity index is 0.000000175.